The first kappa shape index (κ1) is 12.0. The molecule has 0 fully saturated rings. The average Bonchev–Trinajstić information content (AvgIpc) is 2.36. The lowest BCUT2D eigenvalue weighted by molar-refractivity contribution is 0.476. The molecule has 5 heteroatoms. The normalized spacial score (nSPS) is 12.8. The molecule has 18 heavy (non-hydrogen) atoms. The second kappa shape index (κ2) is 4.23. The van der Waals surface area contributed by atoms with Gasteiger partial charge in [-0.15, -0.1) is 0 Å². The Labute approximate surface area is 120 Å². The molecule has 2 aromatic rings. The Morgan fingerprint density at radius 2 is 1.78 bits per heavy atom. The Bertz CT molecular complexity index is 642. The first-order chi connectivity index (χ1) is 8.58. The summed E-state index contributed by atoms with van der Waals surface area (Å²) in [6.45, 7) is 0. The van der Waals surface area contributed by atoms with Gasteiger partial charge in [0.2, 0.25) is 0 Å². The Balaban J connectivity index is 2.21. The van der Waals surface area contributed by atoms with Gasteiger partial charge in [-0.25, -0.2) is 0 Å². The van der Waals surface area contributed by atoms with E-state index in [-0.39, 0.29) is 0 Å². The molecule has 3 rings (SSSR count). The first-order valence-electron chi connectivity index (χ1n) is 5.27. The number of hydrogen-bond donors (Lipinski definition) is 0. The van der Waals surface area contributed by atoms with E-state index in [2.05, 4.69) is 0 Å². The Hall–Kier alpha value is -1.09. The second-order valence-electron chi connectivity index (χ2n) is 3.98. The highest BCUT2D eigenvalue weighted by molar-refractivity contribution is 6.43. The molecular formula is C13H8Cl3NO. The fourth-order valence-electron chi connectivity index (χ4n) is 1.96. The summed E-state index contributed by atoms with van der Waals surface area (Å²) in [5.41, 5.74) is 1.76. The van der Waals surface area contributed by atoms with Crippen LogP contribution in [0.5, 0.6) is 11.5 Å². The van der Waals surface area contributed by atoms with Gasteiger partial charge in [-0.1, -0.05) is 34.8 Å². The number of fused-ring (bicyclic) bond motifs is 2. The molecule has 92 valence electrons. The van der Waals surface area contributed by atoms with Crippen LogP contribution in [-0.2, 0) is 0 Å². The van der Waals surface area contributed by atoms with E-state index >= 15 is 0 Å². The van der Waals surface area contributed by atoms with Crippen LogP contribution in [0.4, 0.5) is 11.4 Å². The van der Waals surface area contributed by atoms with Crippen LogP contribution in [-0.4, -0.2) is 7.05 Å². The Morgan fingerprint density at radius 1 is 1.00 bits per heavy atom. The van der Waals surface area contributed by atoms with Crippen molar-refractivity contribution < 1.29 is 4.74 Å². The number of hydrogen-bond acceptors (Lipinski definition) is 2. The summed E-state index contributed by atoms with van der Waals surface area (Å²) >= 11 is 18.2. The topological polar surface area (TPSA) is 12.5 Å². The quantitative estimate of drug-likeness (QED) is 0.635. The third kappa shape index (κ3) is 1.72. The monoisotopic (exact) mass is 299 g/mol. The maximum atomic E-state index is 6.16. The van der Waals surface area contributed by atoms with E-state index < -0.39 is 0 Å². The van der Waals surface area contributed by atoms with E-state index in [0.29, 0.717) is 26.6 Å². The third-order valence-corrected chi connectivity index (χ3v) is 3.91. The number of nitrogens with zero attached hydrogens (tertiary/aromatic N) is 1. The summed E-state index contributed by atoms with van der Waals surface area (Å²) in [5.74, 6) is 1.28. The number of ether oxygens (including phenoxy) is 1. The molecule has 0 saturated carbocycles. The molecule has 1 aliphatic heterocycles. The number of anilines is 2. The number of rotatable bonds is 0. The molecule has 0 unspecified atom stereocenters. The van der Waals surface area contributed by atoms with Crippen molar-refractivity contribution in [3.8, 4) is 11.5 Å². The molecule has 0 radical (unpaired) electrons. The lowest BCUT2D eigenvalue weighted by Gasteiger charge is -2.30. The smallest absolute Gasteiger partial charge is 0.171 e. The maximum absolute atomic E-state index is 6.16. The number of benzene rings is 2. The molecule has 0 N–H and O–H groups in total. The van der Waals surface area contributed by atoms with E-state index in [1.165, 1.54) is 0 Å². The molecule has 0 aliphatic carbocycles. The Kier molecular flexibility index (Phi) is 2.81. The molecule has 2 aromatic carbocycles. The van der Waals surface area contributed by atoms with Gasteiger partial charge in [0.15, 0.2) is 11.5 Å². The van der Waals surface area contributed by atoms with Gasteiger partial charge >= 0.3 is 0 Å². The van der Waals surface area contributed by atoms with Crippen molar-refractivity contribution in [3.05, 3.63) is 45.4 Å². The predicted molar refractivity (Wildman–Crippen MR) is 76.1 cm³/mol. The summed E-state index contributed by atoms with van der Waals surface area (Å²) in [4.78, 5) is 1.97. The third-order valence-electron chi connectivity index (χ3n) is 2.88. The van der Waals surface area contributed by atoms with Crippen LogP contribution in [0.2, 0.25) is 15.1 Å². The van der Waals surface area contributed by atoms with Crippen molar-refractivity contribution in [2.45, 2.75) is 0 Å². The van der Waals surface area contributed by atoms with Gasteiger partial charge in [-0.3, -0.25) is 0 Å². The molecule has 0 amide bonds. The van der Waals surface area contributed by atoms with E-state index in [9.17, 15) is 0 Å². The molecule has 1 heterocycles. The SMILES string of the molecule is CN1c2cc(Cl)ccc2Oc2c1ccc(Cl)c2Cl. The minimum absolute atomic E-state index is 0.418. The standard InChI is InChI=1S/C13H8Cl3NO/c1-17-9-4-3-8(15)12(16)13(9)18-11-5-2-7(14)6-10(11)17/h2-6H,1H3. The van der Waals surface area contributed by atoms with Crippen molar-refractivity contribution in [1.29, 1.82) is 0 Å². The van der Waals surface area contributed by atoms with Crippen LogP contribution < -0.4 is 9.64 Å². The van der Waals surface area contributed by atoms with E-state index in [4.69, 9.17) is 39.5 Å². The fraction of sp³-hybridized carbons (Fsp3) is 0.0769. The van der Waals surface area contributed by atoms with Crippen molar-refractivity contribution in [1.82, 2.24) is 0 Å². The van der Waals surface area contributed by atoms with Crippen LogP contribution in [0.15, 0.2) is 30.3 Å². The van der Waals surface area contributed by atoms with Gasteiger partial charge in [0.25, 0.3) is 0 Å². The summed E-state index contributed by atoms with van der Waals surface area (Å²) in [6.07, 6.45) is 0. The summed E-state index contributed by atoms with van der Waals surface area (Å²) in [7, 11) is 1.93. The summed E-state index contributed by atoms with van der Waals surface area (Å²) in [6, 6.07) is 9.06. The fourth-order valence-corrected chi connectivity index (χ4v) is 2.48. The zero-order chi connectivity index (χ0) is 12.9. The van der Waals surface area contributed by atoms with E-state index in [0.717, 1.165) is 11.4 Å². The van der Waals surface area contributed by atoms with Gasteiger partial charge in [0, 0.05) is 12.1 Å². The molecule has 0 atom stereocenters. The minimum Gasteiger partial charge on any atom is -0.451 e. The molecule has 2 nitrogen and oxygen atoms in total. The van der Waals surface area contributed by atoms with Gasteiger partial charge in [-0.2, -0.15) is 0 Å². The zero-order valence-corrected chi connectivity index (χ0v) is 11.6. The van der Waals surface area contributed by atoms with Crippen LogP contribution in [0.1, 0.15) is 0 Å². The van der Waals surface area contributed by atoms with Gasteiger partial charge < -0.3 is 9.64 Å². The molecule has 0 spiro atoms. The molecule has 1 aliphatic rings. The lowest BCUT2D eigenvalue weighted by Crippen LogP contribution is -2.15. The van der Waals surface area contributed by atoms with Crippen molar-refractivity contribution in [2.75, 3.05) is 11.9 Å². The van der Waals surface area contributed by atoms with Gasteiger partial charge in [0.05, 0.1) is 16.4 Å². The van der Waals surface area contributed by atoms with Crippen molar-refractivity contribution in [3.63, 3.8) is 0 Å². The van der Waals surface area contributed by atoms with Gasteiger partial charge in [0.1, 0.15) is 5.02 Å². The molecule has 0 aromatic heterocycles. The van der Waals surface area contributed by atoms with E-state index in [1.54, 1.807) is 12.1 Å². The molecule has 0 bridgehead atoms. The molecular weight excluding hydrogens is 293 g/mol. The highest BCUT2D eigenvalue weighted by Crippen LogP contribution is 2.51. The van der Waals surface area contributed by atoms with Crippen LogP contribution in [0.3, 0.4) is 0 Å². The lowest BCUT2D eigenvalue weighted by atomic mass is 10.2. The minimum atomic E-state index is 0.418. The highest BCUT2D eigenvalue weighted by atomic mass is 35.5. The van der Waals surface area contributed by atoms with Crippen LogP contribution in [0, 0.1) is 0 Å². The molecule has 0 saturated heterocycles. The second-order valence-corrected chi connectivity index (χ2v) is 5.20. The first-order valence-corrected chi connectivity index (χ1v) is 6.40. The largest absolute Gasteiger partial charge is 0.451 e. The van der Waals surface area contributed by atoms with Crippen LogP contribution in [0.25, 0.3) is 0 Å². The van der Waals surface area contributed by atoms with Gasteiger partial charge in [-0.05, 0) is 30.3 Å². The number of halogens is 3. The maximum Gasteiger partial charge on any atom is 0.171 e. The van der Waals surface area contributed by atoms with E-state index in [1.807, 2.05) is 30.1 Å². The summed E-state index contributed by atoms with van der Waals surface area (Å²) in [5, 5.41) is 1.55. The average molecular weight is 301 g/mol. The predicted octanol–water partition coefficient (Wildman–Crippen LogP) is 5.52. The Morgan fingerprint density at radius 3 is 2.56 bits per heavy atom. The van der Waals surface area contributed by atoms with Crippen LogP contribution >= 0.6 is 34.8 Å². The van der Waals surface area contributed by atoms with Crippen molar-refractivity contribution >= 4 is 46.2 Å². The zero-order valence-electron chi connectivity index (χ0n) is 9.38. The van der Waals surface area contributed by atoms with Crippen molar-refractivity contribution in [2.24, 2.45) is 0 Å². The summed E-state index contributed by atoms with van der Waals surface area (Å²) < 4.78 is 5.80. The highest BCUT2D eigenvalue weighted by Gasteiger charge is 2.25.